The standard InChI is InChI=1S/C12H17FN2O/c1-7(2)11(14)12(16)15-10-6-9(13)5-4-8(10)3/h4-7,11H,14H2,1-3H3,(H,15,16)/t11-/m1/s1. The molecule has 88 valence electrons. The van der Waals surface area contributed by atoms with Crippen molar-refractivity contribution < 1.29 is 9.18 Å². The molecule has 0 aliphatic heterocycles. The number of rotatable bonds is 3. The Hall–Kier alpha value is -1.42. The number of halogens is 1. The van der Waals surface area contributed by atoms with Crippen LogP contribution in [0.2, 0.25) is 0 Å². The molecule has 3 N–H and O–H groups in total. The first-order chi connectivity index (χ1) is 7.41. The maximum atomic E-state index is 13.0. The van der Waals surface area contributed by atoms with Crippen LogP contribution in [-0.4, -0.2) is 11.9 Å². The van der Waals surface area contributed by atoms with Crippen molar-refractivity contribution in [3.63, 3.8) is 0 Å². The molecule has 4 heteroatoms. The van der Waals surface area contributed by atoms with Gasteiger partial charge in [-0.1, -0.05) is 19.9 Å². The van der Waals surface area contributed by atoms with Gasteiger partial charge in [0, 0.05) is 5.69 Å². The normalized spacial score (nSPS) is 12.6. The monoisotopic (exact) mass is 224 g/mol. The zero-order valence-corrected chi connectivity index (χ0v) is 9.75. The molecule has 0 aliphatic carbocycles. The molecule has 1 aromatic carbocycles. The Labute approximate surface area is 94.8 Å². The van der Waals surface area contributed by atoms with Gasteiger partial charge in [0.2, 0.25) is 5.91 Å². The minimum absolute atomic E-state index is 0.0499. The van der Waals surface area contributed by atoms with Crippen LogP contribution < -0.4 is 11.1 Å². The van der Waals surface area contributed by atoms with Gasteiger partial charge in [0.25, 0.3) is 0 Å². The molecule has 0 saturated carbocycles. The molecular weight excluding hydrogens is 207 g/mol. The highest BCUT2D eigenvalue weighted by atomic mass is 19.1. The van der Waals surface area contributed by atoms with E-state index in [-0.39, 0.29) is 17.6 Å². The van der Waals surface area contributed by atoms with Crippen LogP contribution >= 0.6 is 0 Å². The third-order valence-electron chi connectivity index (χ3n) is 2.48. The Balaban J connectivity index is 2.80. The predicted molar refractivity (Wildman–Crippen MR) is 62.6 cm³/mol. The van der Waals surface area contributed by atoms with Crippen LogP contribution in [0.25, 0.3) is 0 Å². The molecule has 0 radical (unpaired) electrons. The van der Waals surface area contributed by atoms with Crippen molar-refractivity contribution in [1.82, 2.24) is 0 Å². The van der Waals surface area contributed by atoms with Gasteiger partial charge in [-0.2, -0.15) is 0 Å². The molecule has 0 heterocycles. The molecule has 16 heavy (non-hydrogen) atoms. The van der Waals surface area contributed by atoms with Crippen molar-refractivity contribution in [3.05, 3.63) is 29.6 Å². The molecular formula is C12H17FN2O. The number of carbonyl (C=O) groups excluding carboxylic acids is 1. The Morgan fingerprint density at radius 3 is 2.62 bits per heavy atom. The van der Waals surface area contributed by atoms with Crippen molar-refractivity contribution in [2.75, 3.05) is 5.32 Å². The summed E-state index contributed by atoms with van der Waals surface area (Å²) in [5, 5.41) is 2.63. The molecule has 3 nitrogen and oxygen atoms in total. The molecule has 0 spiro atoms. The fourth-order valence-electron chi connectivity index (χ4n) is 1.25. The van der Waals surface area contributed by atoms with Gasteiger partial charge < -0.3 is 11.1 Å². The van der Waals surface area contributed by atoms with Gasteiger partial charge in [0.05, 0.1) is 6.04 Å². The Morgan fingerprint density at radius 1 is 1.44 bits per heavy atom. The van der Waals surface area contributed by atoms with E-state index in [1.54, 1.807) is 13.0 Å². The van der Waals surface area contributed by atoms with Gasteiger partial charge in [0.15, 0.2) is 0 Å². The van der Waals surface area contributed by atoms with Gasteiger partial charge in [-0.05, 0) is 30.5 Å². The van der Waals surface area contributed by atoms with Crippen LogP contribution in [0.1, 0.15) is 19.4 Å². The number of carbonyl (C=O) groups is 1. The van der Waals surface area contributed by atoms with E-state index in [1.807, 2.05) is 13.8 Å². The molecule has 1 aromatic rings. The second-order valence-corrected chi connectivity index (χ2v) is 4.22. The first kappa shape index (κ1) is 12.6. The summed E-state index contributed by atoms with van der Waals surface area (Å²) in [6, 6.07) is 3.68. The van der Waals surface area contributed by atoms with E-state index in [9.17, 15) is 9.18 Å². The molecule has 0 fully saturated rings. The summed E-state index contributed by atoms with van der Waals surface area (Å²) < 4.78 is 13.0. The third-order valence-corrected chi connectivity index (χ3v) is 2.48. The number of amides is 1. The summed E-state index contributed by atoms with van der Waals surface area (Å²) in [7, 11) is 0. The molecule has 0 aliphatic rings. The lowest BCUT2D eigenvalue weighted by Crippen LogP contribution is -2.39. The molecule has 0 unspecified atom stereocenters. The Morgan fingerprint density at radius 2 is 2.06 bits per heavy atom. The van der Waals surface area contributed by atoms with Crippen LogP contribution in [0.4, 0.5) is 10.1 Å². The number of aryl methyl sites for hydroxylation is 1. The first-order valence-corrected chi connectivity index (χ1v) is 5.24. The zero-order chi connectivity index (χ0) is 12.3. The number of nitrogens with two attached hydrogens (primary N) is 1. The maximum absolute atomic E-state index is 13.0. The van der Waals surface area contributed by atoms with Crippen LogP contribution in [0, 0.1) is 18.7 Å². The summed E-state index contributed by atoms with van der Waals surface area (Å²) in [5.74, 6) is -0.614. The topological polar surface area (TPSA) is 55.1 Å². The lowest BCUT2D eigenvalue weighted by molar-refractivity contribution is -0.118. The summed E-state index contributed by atoms with van der Waals surface area (Å²) in [6.45, 7) is 5.53. The van der Waals surface area contributed by atoms with Gasteiger partial charge in [-0.15, -0.1) is 0 Å². The van der Waals surface area contributed by atoms with Crippen LogP contribution in [0.15, 0.2) is 18.2 Å². The molecule has 1 amide bonds. The average molecular weight is 224 g/mol. The largest absolute Gasteiger partial charge is 0.324 e. The average Bonchev–Trinajstić information content (AvgIpc) is 2.22. The zero-order valence-electron chi connectivity index (χ0n) is 9.75. The van der Waals surface area contributed by atoms with Gasteiger partial charge >= 0.3 is 0 Å². The number of hydrogen-bond acceptors (Lipinski definition) is 2. The van der Waals surface area contributed by atoms with E-state index in [1.165, 1.54) is 12.1 Å². The smallest absolute Gasteiger partial charge is 0.241 e. The lowest BCUT2D eigenvalue weighted by atomic mass is 10.0. The molecule has 0 aromatic heterocycles. The van der Waals surface area contributed by atoms with E-state index in [2.05, 4.69) is 5.32 Å². The van der Waals surface area contributed by atoms with Crippen LogP contribution in [0.3, 0.4) is 0 Å². The van der Waals surface area contributed by atoms with Gasteiger partial charge in [-0.25, -0.2) is 4.39 Å². The van der Waals surface area contributed by atoms with E-state index in [0.29, 0.717) is 5.69 Å². The minimum Gasteiger partial charge on any atom is -0.324 e. The first-order valence-electron chi connectivity index (χ1n) is 5.24. The SMILES string of the molecule is Cc1ccc(F)cc1NC(=O)[C@H](N)C(C)C. The van der Waals surface area contributed by atoms with Crippen molar-refractivity contribution in [1.29, 1.82) is 0 Å². The summed E-state index contributed by atoms with van der Waals surface area (Å²) in [5.41, 5.74) is 6.97. The maximum Gasteiger partial charge on any atom is 0.241 e. The second-order valence-electron chi connectivity index (χ2n) is 4.22. The minimum atomic E-state index is -0.581. The number of hydrogen-bond donors (Lipinski definition) is 2. The fourth-order valence-corrected chi connectivity index (χ4v) is 1.25. The molecule has 1 atom stereocenters. The number of nitrogens with one attached hydrogen (secondary N) is 1. The Bertz CT molecular complexity index is 391. The third kappa shape index (κ3) is 3.03. The highest BCUT2D eigenvalue weighted by Crippen LogP contribution is 2.16. The lowest BCUT2D eigenvalue weighted by Gasteiger charge is -2.16. The van der Waals surface area contributed by atoms with Crippen molar-refractivity contribution in [3.8, 4) is 0 Å². The van der Waals surface area contributed by atoms with Crippen LogP contribution in [0.5, 0.6) is 0 Å². The fraction of sp³-hybridized carbons (Fsp3) is 0.417. The number of benzene rings is 1. The quantitative estimate of drug-likeness (QED) is 0.825. The Kier molecular flexibility index (Phi) is 4.01. The summed E-state index contributed by atoms with van der Waals surface area (Å²) in [4.78, 5) is 11.7. The molecule has 0 bridgehead atoms. The summed E-state index contributed by atoms with van der Waals surface area (Å²) in [6.07, 6.45) is 0. The van der Waals surface area contributed by atoms with E-state index >= 15 is 0 Å². The van der Waals surface area contributed by atoms with Crippen molar-refractivity contribution in [2.24, 2.45) is 11.7 Å². The van der Waals surface area contributed by atoms with E-state index in [0.717, 1.165) is 5.56 Å². The highest BCUT2D eigenvalue weighted by Gasteiger charge is 2.17. The second kappa shape index (κ2) is 5.07. The predicted octanol–water partition coefficient (Wildman–Crippen LogP) is 2.06. The molecule has 0 saturated heterocycles. The number of anilines is 1. The molecule has 1 rings (SSSR count). The van der Waals surface area contributed by atoms with Crippen LogP contribution in [-0.2, 0) is 4.79 Å². The van der Waals surface area contributed by atoms with Gasteiger partial charge in [0.1, 0.15) is 5.82 Å². The van der Waals surface area contributed by atoms with Gasteiger partial charge in [-0.3, -0.25) is 4.79 Å². The van der Waals surface area contributed by atoms with E-state index in [4.69, 9.17) is 5.73 Å². The van der Waals surface area contributed by atoms with E-state index < -0.39 is 6.04 Å². The highest BCUT2D eigenvalue weighted by molar-refractivity contribution is 5.95. The summed E-state index contributed by atoms with van der Waals surface area (Å²) >= 11 is 0. The van der Waals surface area contributed by atoms with Crippen molar-refractivity contribution in [2.45, 2.75) is 26.8 Å². The van der Waals surface area contributed by atoms with Crippen molar-refractivity contribution >= 4 is 11.6 Å².